The first-order valence-corrected chi connectivity index (χ1v) is 8.46. The molecule has 1 nitrogen and oxygen atoms in total. The molecule has 0 N–H and O–H groups in total. The molecular formula is C23H22O. The SMILES string of the molecule is CC(CC=CCc1cccc2ccccc12)C(=O)c1ccccc1. The van der Waals surface area contributed by atoms with Crippen molar-refractivity contribution < 1.29 is 4.79 Å². The van der Waals surface area contributed by atoms with Crippen LogP contribution in [0.5, 0.6) is 0 Å². The predicted octanol–water partition coefficient (Wildman–Crippen LogP) is 5.85. The van der Waals surface area contributed by atoms with Gasteiger partial charge in [-0.1, -0.05) is 91.9 Å². The van der Waals surface area contributed by atoms with Gasteiger partial charge in [0.25, 0.3) is 0 Å². The molecule has 0 spiro atoms. The number of benzene rings is 3. The lowest BCUT2D eigenvalue weighted by Crippen LogP contribution is -2.10. The van der Waals surface area contributed by atoms with Gasteiger partial charge in [-0.25, -0.2) is 0 Å². The van der Waals surface area contributed by atoms with Gasteiger partial charge >= 0.3 is 0 Å². The Balaban J connectivity index is 1.61. The highest BCUT2D eigenvalue weighted by atomic mass is 16.1. The van der Waals surface area contributed by atoms with E-state index in [1.807, 2.05) is 37.3 Å². The lowest BCUT2D eigenvalue weighted by atomic mass is 9.96. The topological polar surface area (TPSA) is 17.1 Å². The number of fused-ring (bicyclic) bond motifs is 1. The lowest BCUT2D eigenvalue weighted by molar-refractivity contribution is 0.0931. The number of hydrogen-bond donors (Lipinski definition) is 0. The minimum atomic E-state index is 0.0103. The third-order valence-electron chi connectivity index (χ3n) is 4.38. The Morgan fingerprint density at radius 1 is 0.875 bits per heavy atom. The van der Waals surface area contributed by atoms with Gasteiger partial charge in [-0.3, -0.25) is 4.79 Å². The molecule has 0 aromatic heterocycles. The van der Waals surface area contributed by atoms with Crippen LogP contribution in [0.4, 0.5) is 0 Å². The van der Waals surface area contributed by atoms with E-state index >= 15 is 0 Å². The second-order valence-corrected chi connectivity index (χ2v) is 6.18. The Labute approximate surface area is 143 Å². The van der Waals surface area contributed by atoms with E-state index < -0.39 is 0 Å². The fourth-order valence-electron chi connectivity index (χ4n) is 2.98. The van der Waals surface area contributed by atoms with E-state index in [1.54, 1.807) is 0 Å². The summed E-state index contributed by atoms with van der Waals surface area (Å²) in [6.07, 6.45) is 5.98. The van der Waals surface area contributed by atoms with Crippen molar-refractivity contribution >= 4 is 16.6 Å². The summed E-state index contributed by atoms with van der Waals surface area (Å²) in [5.41, 5.74) is 2.12. The molecule has 0 aliphatic rings. The van der Waals surface area contributed by atoms with Crippen LogP contribution in [0.25, 0.3) is 10.8 Å². The van der Waals surface area contributed by atoms with E-state index in [9.17, 15) is 4.79 Å². The molecule has 0 bridgehead atoms. The molecule has 1 atom stereocenters. The summed E-state index contributed by atoms with van der Waals surface area (Å²) in [6, 6.07) is 24.4. The van der Waals surface area contributed by atoms with Crippen molar-refractivity contribution in [3.63, 3.8) is 0 Å². The number of rotatable bonds is 6. The first-order valence-electron chi connectivity index (χ1n) is 8.46. The van der Waals surface area contributed by atoms with E-state index in [0.717, 1.165) is 18.4 Å². The van der Waals surface area contributed by atoms with Gasteiger partial charge in [-0.2, -0.15) is 0 Å². The molecule has 120 valence electrons. The van der Waals surface area contributed by atoms with Gasteiger partial charge in [0.1, 0.15) is 0 Å². The van der Waals surface area contributed by atoms with Crippen LogP contribution in [0, 0.1) is 5.92 Å². The van der Waals surface area contributed by atoms with Crippen LogP contribution in [0.15, 0.2) is 84.9 Å². The number of hydrogen-bond acceptors (Lipinski definition) is 1. The van der Waals surface area contributed by atoms with E-state index in [1.165, 1.54) is 16.3 Å². The normalized spacial score (nSPS) is 12.5. The summed E-state index contributed by atoms with van der Waals surface area (Å²) in [5, 5.41) is 2.58. The number of allylic oxidation sites excluding steroid dienone is 2. The molecule has 0 amide bonds. The van der Waals surface area contributed by atoms with Crippen molar-refractivity contribution in [1.29, 1.82) is 0 Å². The first kappa shape index (κ1) is 16.2. The van der Waals surface area contributed by atoms with E-state index in [0.29, 0.717) is 0 Å². The molecule has 3 rings (SSSR count). The Morgan fingerprint density at radius 2 is 1.58 bits per heavy atom. The van der Waals surface area contributed by atoms with Crippen molar-refractivity contribution in [3.05, 3.63) is 96.1 Å². The number of ketones is 1. The molecule has 0 aliphatic carbocycles. The maximum absolute atomic E-state index is 12.3. The van der Waals surface area contributed by atoms with E-state index in [4.69, 9.17) is 0 Å². The second-order valence-electron chi connectivity index (χ2n) is 6.18. The zero-order valence-corrected chi connectivity index (χ0v) is 14.0. The van der Waals surface area contributed by atoms with Crippen molar-refractivity contribution in [2.45, 2.75) is 19.8 Å². The number of carbonyl (C=O) groups excluding carboxylic acids is 1. The van der Waals surface area contributed by atoms with Crippen molar-refractivity contribution in [3.8, 4) is 0 Å². The van der Waals surface area contributed by atoms with Gasteiger partial charge in [0.05, 0.1) is 0 Å². The van der Waals surface area contributed by atoms with Crippen molar-refractivity contribution in [1.82, 2.24) is 0 Å². The zero-order valence-electron chi connectivity index (χ0n) is 14.0. The molecule has 24 heavy (non-hydrogen) atoms. The maximum atomic E-state index is 12.3. The first-order chi connectivity index (χ1) is 11.8. The zero-order chi connectivity index (χ0) is 16.8. The number of Topliss-reactive ketones (excluding diaryl/α,β-unsaturated/α-hetero) is 1. The summed E-state index contributed by atoms with van der Waals surface area (Å²) >= 11 is 0. The minimum Gasteiger partial charge on any atom is -0.294 e. The standard InChI is InChI=1S/C23H22O/c1-18(23(24)21-13-3-2-4-14-21)10-5-6-11-19-15-9-16-20-12-7-8-17-22(19)20/h2-9,12-18H,10-11H2,1H3. The van der Waals surface area contributed by atoms with Crippen LogP contribution >= 0.6 is 0 Å². The molecule has 1 heteroatoms. The fraction of sp³-hybridized carbons (Fsp3) is 0.174. The smallest absolute Gasteiger partial charge is 0.165 e. The van der Waals surface area contributed by atoms with Crippen LogP contribution in [-0.4, -0.2) is 5.78 Å². The third kappa shape index (κ3) is 3.80. The molecule has 0 heterocycles. The molecule has 0 aliphatic heterocycles. The maximum Gasteiger partial charge on any atom is 0.165 e. The van der Waals surface area contributed by atoms with Crippen molar-refractivity contribution in [2.24, 2.45) is 5.92 Å². The molecule has 0 radical (unpaired) electrons. The largest absolute Gasteiger partial charge is 0.294 e. The van der Waals surface area contributed by atoms with Crippen LogP contribution in [-0.2, 0) is 6.42 Å². The van der Waals surface area contributed by atoms with Gasteiger partial charge in [0, 0.05) is 11.5 Å². The average Bonchev–Trinajstić information content (AvgIpc) is 2.65. The average molecular weight is 314 g/mol. The van der Waals surface area contributed by atoms with Crippen LogP contribution in [0.1, 0.15) is 29.3 Å². The van der Waals surface area contributed by atoms with Gasteiger partial charge in [0.2, 0.25) is 0 Å². The molecule has 1 unspecified atom stereocenters. The van der Waals surface area contributed by atoms with Gasteiger partial charge in [-0.05, 0) is 29.2 Å². The second kappa shape index (κ2) is 7.74. The summed E-state index contributed by atoms with van der Waals surface area (Å²) in [6.45, 7) is 2.00. The molecule has 3 aromatic carbocycles. The van der Waals surface area contributed by atoms with Gasteiger partial charge in [0.15, 0.2) is 5.78 Å². The molecule has 0 fully saturated rings. The van der Waals surface area contributed by atoms with Crippen LogP contribution in [0.2, 0.25) is 0 Å². The summed E-state index contributed by atoms with van der Waals surface area (Å²) < 4.78 is 0. The molecule has 3 aromatic rings. The Morgan fingerprint density at radius 3 is 2.42 bits per heavy atom. The Hall–Kier alpha value is -2.67. The van der Waals surface area contributed by atoms with E-state index in [2.05, 4.69) is 54.6 Å². The lowest BCUT2D eigenvalue weighted by Gasteiger charge is -2.08. The minimum absolute atomic E-state index is 0.0103. The van der Waals surface area contributed by atoms with Crippen molar-refractivity contribution in [2.75, 3.05) is 0 Å². The summed E-state index contributed by atoms with van der Waals surface area (Å²) in [7, 11) is 0. The fourth-order valence-corrected chi connectivity index (χ4v) is 2.98. The quantitative estimate of drug-likeness (QED) is 0.412. The van der Waals surface area contributed by atoms with Gasteiger partial charge in [-0.15, -0.1) is 0 Å². The summed E-state index contributed by atoms with van der Waals surface area (Å²) in [4.78, 5) is 12.3. The summed E-state index contributed by atoms with van der Waals surface area (Å²) in [5.74, 6) is 0.224. The highest BCUT2D eigenvalue weighted by Crippen LogP contribution is 2.19. The van der Waals surface area contributed by atoms with E-state index in [-0.39, 0.29) is 11.7 Å². The Bertz CT molecular complexity index is 841. The Kier molecular flexibility index (Phi) is 5.22. The molecule has 0 saturated heterocycles. The highest BCUT2D eigenvalue weighted by molar-refractivity contribution is 5.97. The molecular weight excluding hydrogens is 292 g/mol. The molecule has 0 saturated carbocycles. The van der Waals surface area contributed by atoms with Crippen LogP contribution < -0.4 is 0 Å². The monoisotopic (exact) mass is 314 g/mol. The third-order valence-corrected chi connectivity index (χ3v) is 4.38. The number of carbonyl (C=O) groups is 1. The van der Waals surface area contributed by atoms with Crippen LogP contribution in [0.3, 0.4) is 0 Å². The highest BCUT2D eigenvalue weighted by Gasteiger charge is 2.12. The predicted molar refractivity (Wildman–Crippen MR) is 101 cm³/mol. The van der Waals surface area contributed by atoms with Gasteiger partial charge < -0.3 is 0 Å².